The Bertz CT molecular complexity index is 250. The number of hydrogen-bond acceptors (Lipinski definition) is 3. The number of carbonyl (C=O) groups is 2. The number of esters is 1. The Balaban J connectivity index is 4.48. The number of aliphatic carboxylic acids is 1. The normalized spacial score (nSPS) is 16.0. The van der Waals surface area contributed by atoms with Crippen LogP contribution in [0.25, 0.3) is 0 Å². The van der Waals surface area contributed by atoms with E-state index in [1.807, 2.05) is 13.8 Å². The van der Waals surface area contributed by atoms with Gasteiger partial charge in [0.1, 0.15) is 0 Å². The molecule has 3 atom stereocenters. The molecule has 0 aliphatic carbocycles. The van der Waals surface area contributed by atoms with Crippen molar-refractivity contribution in [3.05, 3.63) is 6.92 Å². The molecule has 2 radical (unpaired) electrons. The quantitative estimate of drug-likeness (QED) is 0.664. The predicted molar refractivity (Wildman–Crippen MR) is 64.2 cm³/mol. The third-order valence-electron chi connectivity index (χ3n) is 3.01. The molecule has 0 bridgehead atoms. The fourth-order valence-electron chi connectivity index (χ4n) is 1.57. The summed E-state index contributed by atoms with van der Waals surface area (Å²) in [6.07, 6.45) is 1.64. The van der Waals surface area contributed by atoms with Crippen molar-refractivity contribution in [1.82, 2.24) is 0 Å². The molecule has 0 amide bonds. The molecule has 0 spiro atoms. The van der Waals surface area contributed by atoms with Crippen molar-refractivity contribution in [3.8, 4) is 0 Å². The standard InChI is InChI=1S/C13H22O4/c1-5-7-17-13(16)10(4)11(12(14)15)8-9(3)6-2/h1,9-11H,5-8H2,2-4H3,(H,14,15). The van der Waals surface area contributed by atoms with Crippen LogP contribution in [-0.4, -0.2) is 23.7 Å². The van der Waals surface area contributed by atoms with Crippen molar-refractivity contribution in [1.29, 1.82) is 0 Å². The lowest BCUT2D eigenvalue weighted by Gasteiger charge is -2.21. The van der Waals surface area contributed by atoms with E-state index in [1.165, 1.54) is 0 Å². The highest BCUT2D eigenvalue weighted by atomic mass is 16.5. The molecule has 98 valence electrons. The molecular weight excluding hydrogens is 220 g/mol. The van der Waals surface area contributed by atoms with E-state index < -0.39 is 23.8 Å². The summed E-state index contributed by atoms with van der Waals surface area (Å²) in [6.45, 7) is 10.9. The lowest BCUT2D eigenvalue weighted by atomic mass is 9.85. The zero-order valence-corrected chi connectivity index (χ0v) is 10.8. The molecule has 4 heteroatoms. The van der Waals surface area contributed by atoms with Crippen LogP contribution in [0, 0.1) is 24.7 Å². The van der Waals surface area contributed by atoms with Gasteiger partial charge in [0.05, 0.1) is 18.4 Å². The predicted octanol–water partition coefficient (Wildman–Crippen LogP) is 2.40. The maximum Gasteiger partial charge on any atom is 0.309 e. The molecule has 0 aliphatic heterocycles. The van der Waals surface area contributed by atoms with Crippen LogP contribution in [-0.2, 0) is 14.3 Å². The third kappa shape index (κ3) is 5.71. The first-order valence-electron chi connectivity index (χ1n) is 6.03. The third-order valence-corrected chi connectivity index (χ3v) is 3.01. The fourth-order valence-corrected chi connectivity index (χ4v) is 1.57. The van der Waals surface area contributed by atoms with Gasteiger partial charge >= 0.3 is 11.9 Å². The van der Waals surface area contributed by atoms with Gasteiger partial charge < -0.3 is 9.84 Å². The van der Waals surface area contributed by atoms with Crippen LogP contribution in [0.15, 0.2) is 0 Å². The summed E-state index contributed by atoms with van der Waals surface area (Å²) in [5.74, 6) is -2.46. The van der Waals surface area contributed by atoms with Crippen molar-refractivity contribution >= 4 is 11.9 Å². The number of carboxylic acid groups (broad SMARTS) is 1. The molecule has 0 fully saturated rings. The molecule has 0 aromatic carbocycles. The molecule has 4 nitrogen and oxygen atoms in total. The van der Waals surface area contributed by atoms with Gasteiger partial charge in [0.2, 0.25) is 0 Å². The van der Waals surface area contributed by atoms with Gasteiger partial charge in [0, 0.05) is 0 Å². The van der Waals surface area contributed by atoms with E-state index in [9.17, 15) is 9.59 Å². The van der Waals surface area contributed by atoms with Gasteiger partial charge in [-0.3, -0.25) is 9.59 Å². The largest absolute Gasteiger partial charge is 0.481 e. The SMILES string of the molecule is [CH]CCOC(=O)C(C)C(CC(C)CC)C(=O)O. The number of ether oxygens (including phenoxy) is 1. The van der Waals surface area contributed by atoms with Gasteiger partial charge in [-0.2, -0.15) is 0 Å². The number of carbonyl (C=O) groups excluding carboxylic acids is 1. The minimum absolute atomic E-state index is 0.138. The maximum atomic E-state index is 11.6. The lowest BCUT2D eigenvalue weighted by molar-refractivity contribution is -0.157. The first-order valence-corrected chi connectivity index (χ1v) is 6.03. The van der Waals surface area contributed by atoms with Crippen LogP contribution in [0.5, 0.6) is 0 Å². The van der Waals surface area contributed by atoms with Crippen LogP contribution in [0.4, 0.5) is 0 Å². The average molecular weight is 242 g/mol. The second-order valence-corrected chi connectivity index (χ2v) is 4.44. The van der Waals surface area contributed by atoms with Crippen molar-refractivity contribution in [3.63, 3.8) is 0 Å². The smallest absolute Gasteiger partial charge is 0.309 e. The van der Waals surface area contributed by atoms with Crippen LogP contribution in [0.2, 0.25) is 0 Å². The Morgan fingerprint density at radius 3 is 2.35 bits per heavy atom. The van der Waals surface area contributed by atoms with Gasteiger partial charge in [0.15, 0.2) is 0 Å². The molecule has 1 N–H and O–H groups in total. The van der Waals surface area contributed by atoms with E-state index in [-0.39, 0.29) is 18.9 Å². The molecule has 0 saturated heterocycles. The van der Waals surface area contributed by atoms with Crippen LogP contribution < -0.4 is 0 Å². The molecule has 3 unspecified atom stereocenters. The second-order valence-electron chi connectivity index (χ2n) is 4.44. The van der Waals surface area contributed by atoms with Gasteiger partial charge in [-0.15, -0.1) is 0 Å². The van der Waals surface area contributed by atoms with Crippen molar-refractivity contribution in [2.45, 2.75) is 40.0 Å². The second kappa shape index (κ2) is 8.09. The first kappa shape index (κ1) is 15.9. The van der Waals surface area contributed by atoms with Crippen molar-refractivity contribution in [2.75, 3.05) is 6.61 Å². The summed E-state index contributed by atoms with van der Waals surface area (Å²) in [5, 5.41) is 9.13. The van der Waals surface area contributed by atoms with Gasteiger partial charge in [0.25, 0.3) is 0 Å². The number of rotatable bonds is 8. The highest BCUT2D eigenvalue weighted by Gasteiger charge is 2.31. The van der Waals surface area contributed by atoms with E-state index in [0.717, 1.165) is 6.42 Å². The molecule has 0 aromatic rings. The highest BCUT2D eigenvalue weighted by Crippen LogP contribution is 2.23. The minimum atomic E-state index is -0.942. The maximum absolute atomic E-state index is 11.6. The number of hydrogen-bond donors (Lipinski definition) is 1. The summed E-state index contributed by atoms with van der Waals surface area (Å²) in [5.41, 5.74) is 0. The summed E-state index contributed by atoms with van der Waals surface area (Å²) >= 11 is 0. The summed E-state index contributed by atoms with van der Waals surface area (Å²) < 4.78 is 4.87. The molecule has 0 aliphatic rings. The van der Waals surface area contributed by atoms with Crippen molar-refractivity contribution in [2.24, 2.45) is 17.8 Å². The molecule has 0 saturated carbocycles. The Labute approximate surface area is 103 Å². The molecule has 0 heterocycles. The molecule has 0 aromatic heterocycles. The molecule has 17 heavy (non-hydrogen) atoms. The topological polar surface area (TPSA) is 63.6 Å². The minimum Gasteiger partial charge on any atom is -0.481 e. The van der Waals surface area contributed by atoms with E-state index >= 15 is 0 Å². The molecule has 0 rings (SSSR count). The summed E-state index contributed by atoms with van der Waals surface area (Å²) in [6, 6.07) is 0. The Morgan fingerprint density at radius 1 is 1.35 bits per heavy atom. The van der Waals surface area contributed by atoms with E-state index in [0.29, 0.717) is 6.42 Å². The van der Waals surface area contributed by atoms with Gasteiger partial charge in [-0.25, -0.2) is 0 Å². The van der Waals surface area contributed by atoms with Crippen molar-refractivity contribution < 1.29 is 19.4 Å². The van der Waals surface area contributed by atoms with E-state index in [2.05, 4.69) is 0 Å². The Morgan fingerprint density at radius 2 is 1.94 bits per heavy atom. The van der Waals surface area contributed by atoms with Gasteiger partial charge in [-0.05, 0) is 25.7 Å². The Kier molecular flexibility index (Phi) is 7.59. The van der Waals surface area contributed by atoms with Crippen LogP contribution >= 0.6 is 0 Å². The van der Waals surface area contributed by atoms with Crippen LogP contribution in [0.3, 0.4) is 0 Å². The summed E-state index contributed by atoms with van der Waals surface area (Å²) in [7, 11) is 0. The van der Waals surface area contributed by atoms with Crippen LogP contribution in [0.1, 0.15) is 40.0 Å². The zero-order chi connectivity index (χ0) is 13.4. The lowest BCUT2D eigenvalue weighted by Crippen LogP contribution is -2.30. The van der Waals surface area contributed by atoms with E-state index in [1.54, 1.807) is 6.92 Å². The monoisotopic (exact) mass is 242 g/mol. The Hall–Kier alpha value is -1.06. The van der Waals surface area contributed by atoms with E-state index in [4.69, 9.17) is 16.8 Å². The van der Waals surface area contributed by atoms with Gasteiger partial charge in [-0.1, -0.05) is 27.2 Å². The first-order chi connectivity index (χ1) is 7.93. The summed E-state index contributed by atoms with van der Waals surface area (Å²) in [4.78, 5) is 22.7. The average Bonchev–Trinajstić information content (AvgIpc) is 2.31. The number of carboxylic acids is 1. The highest BCUT2D eigenvalue weighted by molar-refractivity contribution is 5.80. The fraction of sp³-hybridized carbons (Fsp3) is 0.769. The zero-order valence-electron chi connectivity index (χ0n) is 10.8. The molecular formula is C13H22O4.